The molecule has 2 aromatic rings. The van der Waals surface area contributed by atoms with Crippen LogP contribution in [-0.4, -0.2) is 49.1 Å². The highest BCUT2D eigenvalue weighted by molar-refractivity contribution is 5.45. The topological polar surface area (TPSA) is 18.5 Å². The Morgan fingerprint density at radius 2 is 1.68 bits per heavy atom. The van der Waals surface area contributed by atoms with Gasteiger partial charge in [-0.25, -0.2) is 0 Å². The molecular formula is C28H39N3. The zero-order valence-corrected chi connectivity index (χ0v) is 19.4. The highest BCUT2D eigenvalue weighted by atomic mass is 15.3. The number of nitrogens with zero attached hydrogens (tertiary/aromatic N) is 2. The predicted molar refractivity (Wildman–Crippen MR) is 132 cm³/mol. The summed E-state index contributed by atoms with van der Waals surface area (Å²) in [5, 5.41) is 3.12. The van der Waals surface area contributed by atoms with Crippen LogP contribution >= 0.6 is 0 Å². The van der Waals surface area contributed by atoms with Crippen molar-refractivity contribution in [2.24, 2.45) is 0 Å². The molecule has 2 saturated heterocycles. The molecule has 0 amide bonds. The van der Waals surface area contributed by atoms with E-state index in [0.717, 1.165) is 6.54 Å². The Kier molecular flexibility index (Phi) is 7.47. The van der Waals surface area contributed by atoms with Crippen LogP contribution in [0.5, 0.6) is 0 Å². The molecule has 5 rings (SSSR count). The fourth-order valence-corrected chi connectivity index (χ4v) is 5.34. The third-order valence-electron chi connectivity index (χ3n) is 7.09. The molecule has 0 aromatic heterocycles. The van der Waals surface area contributed by atoms with Crippen LogP contribution in [0.1, 0.15) is 66.8 Å². The maximum absolute atomic E-state index is 3.74. The van der Waals surface area contributed by atoms with Gasteiger partial charge in [0.2, 0.25) is 0 Å². The number of allylic oxidation sites excluding steroid dienone is 1. The lowest BCUT2D eigenvalue weighted by Crippen LogP contribution is -2.47. The first-order valence-electron chi connectivity index (χ1n) is 12.2. The summed E-state index contributed by atoms with van der Waals surface area (Å²) < 4.78 is 0. The van der Waals surface area contributed by atoms with E-state index < -0.39 is 0 Å². The fraction of sp³-hybridized carbons (Fsp3) is 0.500. The molecule has 3 heteroatoms. The molecule has 2 heterocycles. The van der Waals surface area contributed by atoms with E-state index in [0.29, 0.717) is 12.0 Å². The average molecular weight is 418 g/mol. The van der Waals surface area contributed by atoms with Gasteiger partial charge in [-0.2, -0.15) is 0 Å². The highest BCUT2D eigenvalue weighted by Crippen LogP contribution is 2.46. The van der Waals surface area contributed by atoms with Gasteiger partial charge in [-0.3, -0.25) is 4.90 Å². The molecule has 0 radical (unpaired) electrons. The minimum atomic E-state index is 0.551. The summed E-state index contributed by atoms with van der Waals surface area (Å²) in [6.45, 7) is 15.5. The van der Waals surface area contributed by atoms with Gasteiger partial charge in [0.05, 0.1) is 0 Å². The Morgan fingerprint density at radius 1 is 0.968 bits per heavy atom. The Labute approximate surface area is 189 Å². The van der Waals surface area contributed by atoms with E-state index >= 15 is 0 Å². The summed E-state index contributed by atoms with van der Waals surface area (Å²) in [7, 11) is 0. The molecule has 0 spiro atoms. The molecule has 2 aromatic carbocycles. The third-order valence-corrected chi connectivity index (χ3v) is 7.09. The molecule has 31 heavy (non-hydrogen) atoms. The molecule has 2 atom stereocenters. The van der Waals surface area contributed by atoms with Gasteiger partial charge < -0.3 is 10.2 Å². The number of benzene rings is 2. The zero-order chi connectivity index (χ0) is 21.6. The number of nitrogens with one attached hydrogen (secondary N) is 1. The predicted octanol–water partition coefficient (Wildman–Crippen LogP) is 5.48. The maximum Gasteiger partial charge on any atom is 0.0361 e. The summed E-state index contributed by atoms with van der Waals surface area (Å²) in [6, 6.07) is 18.9. The Hall–Kier alpha value is -2.10. The summed E-state index contributed by atoms with van der Waals surface area (Å²) in [5.74, 6) is 0.551. The van der Waals surface area contributed by atoms with Crippen LogP contribution in [0.2, 0.25) is 0 Å². The Balaban J connectivity index is 0.000000334. The van der Waals surface area contributed by atoms with E-state index in [-0.39, 0.29) is 0 Å². The Bertz CT molecular complexity index is 841. The van der Waals surface area contributed by atoms with Gasteiger partial charge in [0.25, 0.3) is 0 Å². The summed E-state index contributed by atoms with van der Waals surface area (Å²) in [6.07, 6.45) is 4.96. The maximum atomic E-state index is 3.74. The van der Waals surface area contributed by atoms with E-state index in [2.05, 4.69) is 84.1 Å². The van der Waals surface area contributed by atoms with Crippen molar-refractivity contribution in [3.8, 4) is 0 Å². The standard InChI is InChI=1S/C23H30N2.C5H9N/c1-3-12-24-13-15-25(16-14-24)23-17-22(19-10-8-18(2)9-11-19)20-6-4-5-7-21(20)23;1-5-3-2-4-6-5/h4-11,22-23H,3,12-17H2,1-2H3;6H,1-4H2/t22?,23-;/m1./s1. The van der Waals surface area contributed by atoms with Gasteiger partial charge in [-0.1, -0.05) is 67.6 Å². The number of piperazine rings is 1. The van der Waals surface area contributed by atoms with Crippen LogP contribution in [0.3, 0.4) is 0 Å². The normalized spacial score (nSPS) is 23.7. The van der Waals surface area contributed by atoms with Crippen molar-refractivity contribution in [3.05, 3.63) is 83.1 Å². The molecule has 3 nitrogen and oxygen atoms in total. The minimum Gasteiger partial charge on any atom is -0.389 e. The largest absolute Gasteiger partial charge is 0.389 e. The second-order valence-corrected chi connectivity index (χ2v) is 9.36. The second-order valence-electron chi connectivity index (χ2n) is 9.36. The number of hydrogen-bond acceptors (Lipinski definition) is 3. The van der Waals surface area contributed by atoms with Crippen molar-refractivity contribution < 1.29 is 0 Å². The monoisotopic (exact) mass is 417 g/mol. The first kappa shape index (κ1) is 22.1. The molecule has 2 fully saturated rings. The molecule has 3 aliphatic rings. The van der Waals surface area contributed by atoms with Gasteiger partial charge >= 0.3 is 0 Å². The number of rotatable bonds is 4. The van der Waals surface area contributed by atoms with Gasteiger partial charge in [-0.15, -0.1) is 0 Å². The average Bonchev–Trinajstić information content (AvgIpc) is 3.43. The van der Waals surface area contributed by atoms with Crippen LogP contribution < -0.4 is 5.32 Å². The van der Waals surface area contributed by atoms with Crippen molar-refractivity contribution in [1.29, 1.82) is 0 Å². The number of fused-ring (bicyclic) bond motifs is 1. The number of aryl methyl sites for hydroxylation is 1. The van der Waals surface area contributed by atoms with Gasteiger partial charge in [0.15, 0.2) is 0 Å². The van der Waals surface area contributed by atoms with E-state index in [9.17, 15) is 0 Å². The van der Waals surface area contributed by atoms with Gasteiger partial charge in [0, 0.05) is 50.4 Å². The van der Waals surface area contributed by atoms with Crippen molar-refractivity contribution in [2.75, 3.05) is 39.3 Å². The lowest BCUT2D eigenvalue weighted by Gasteiger charge is -2.38. The van der Waals surface area contributed by atoms with Crippen LogP contribution in [0.25, 0.3) is 0 Å². The highest BCUT2D eigenvalue weighted by Gasteiger charge is 2.36. The summed E-state index contributed by atoms with van der Waals surface area (Å²) >= 11 is 0. The van der Waals surface area contributed by atoms with Crippen molar-refractivity contribution in [3.63, 3.8) is 0 Å². The lowest BCUT2D eigenvalue weighted by molar-refractivity contribution is 0.0949. The Morgan fingerprint density at radius 3 is 2.26 bits per heavy atom. The van der Waals surface area contributed by atoms with Crippen LogP contribution in [0.4, 0.5) is 0 Å². The fourth-order valence-electron chi connectivity index (χ4n) is 5.34. The second kappa shape index (κ2) is 10.5. The third kappa shape index (κ3) is 5.39. The summed E-state index contributed by atoms with van der Waals surface area (Å²) in [5.41, 5.74) is 7.14. The quantitative estimate of drug-likeness (QED) is 0.710. The first-order chi connectivity index (χ1) is 15.2. The molecule has 1 N–H and O–H groups in total. The van der Waals surface area contributed by atoms with Crippen molar-refractivity contribution in [2.45, 2.75) is 51.5 Å². The molecule has 166 valence electrons. The van der Waals surface area contributed by atoms with Gasteiger partial charge in [-0.05, 0) is 55.8 Å². The molecule has 0 saturated carbocycles. The molecule has 1 aliphatic carbocycles. The molecular weight excluding hydrogens is 378 g/mol. The first-order valence-corrected chi connectivity index (χ1v) is 12.2. The molecule has 0 bridgehead atoms. The number of hydrogen-bond donors (Lipinski definition) is 1. The van der Waals surface area contributed by atoms with E-state index in [1.54, 1.807) is 11.1 Å². The van der Waals surface area contributed by atoms with E-state index in [1.807, 2.05) is 0 Å². The van der Waals surface area contributed by atoms with Crippen LogP contribution in [0, 0.1) is 6.92 Å². The zero-order valence-electron chi connectivity index (χ0n) is 19.4. The molecule has 1 unspecified atom stereocenters. The minimum absolute atomic E-state index is 0.551. The van der Waals surface area contributed by atoms with Crippen molar-refractivity contribution >= 4 is 0 Å². The van der Waals surface area contributed by atoms with Gasteiger partial charge in [0.1, 0.15) is 0 Å². The lowest BCUT2D eigenvalue weighted by atomic mass is 9.92. The smallest absolute Gasteiger partial charge is 0.0361 e. The van der Waals surface area contributed by atoms with Crippen LogP contribution in [0.15, 0.2) is 60.8 Å². The SMILES string of the molecule is C=C1CCCN1.CCCN1CCN([C@@H]2CC(c3ccc(C)cc3)c3ccccc32)CC1. The van der Waals surface area contributed by atoms with E-state index in [1.165, 1.54) is 75.2 Å². The summed E-state index contributed by atoms with van der Waals surface area (Å²) in [4.78, 5) is 5.36. The molecule has 2 aliphatic heterocycles. The van der Waals surface area contributed by atoms with Crippen molar-refractivity contribution in [1.82, 2.24) is 15.1 Å². The van der Waals surface area contributed by atoms with E-state index in [4.69, 9.17) is 0 Å². The van der Waals surface area contributed by atoms with Crippen LogP contribution in [-0.2, 0) is 0 Å².